The summed E-state index contributed by atoms with van der Waals surface area (Å²) >= 11 is 0. The van der Waals surface area contributed by atoms with Crippen LogP contribution in [0.5, 0.6) is 0 Å². The van der Waals surface area contributed by atoms with E-state index in [1.54, 1.807) is 30.0 Å². The molecule has 3 heterocycles. The second-order valence-corrected chi connectivity index (χ2v) is 6.56. The highest BCUT2D eigenvalue weighted by Crippen LogP contribution is 2.15. The van der Waals surface area contributed by atoms with Crippen molar-refractivity contribution in [2.24, 2.45) is 0 Å². The van der Waals surface area contributed by atoms with Crippen LogP contribution in [0.3, 0.4) is 0 Å². The molecule has 0 aliphatic carbocycles. The summed E-state index contributed by atoms with van der Waals surface area (Å²) in [7, 11) is 3.48. The van der Waals surface area contributed by atoms with Crippen molar-refractivity contribution in [2.45, 2.75) is 39.4 Å². The van der Waals surface area contributed by atoms with E-state index in [0.29, 0.717) is 31.9 Å². The molecule has 140 valence electrons. The smallest absolute Gasteiger partial charge is 0.319 e. The SMILES string of the molecule is CCCc1cc(C(=O)NCc2cc3n(n2)CCN(C(=O)N(C)C)C3)no1. The van der Waals surface area contributed by atoms with E-state index in [1.807, 2.05) is 17.7 Å². The number of hydrogen-bond donors (Lipinski definition) is 1. The first-order valence-electron chi connectivity index (χ1n) is 8.73. The van der Waals surface area contributed by atoms with Crippen LogP contribution in [0.1, 0.15) is 41.0 Å². The third kappa shape index (κ3) is 3.87. The van der Waals surface area contributed by atoms with Gasteiger partial charge in [-0.2, -0.15) is 5.10 Å². The third-order valence-corrected chi connectivity index (χ3v) is 4.22. The van der Waals surface area contributed by atoms with Crippen molar-refractivity contribution in [3.63, 3.8) is 0 Å². The van der Waals surface area contributed by atoms with Crippen molar-refractivity contribution >= 4 is 11.9 Å². The number of carbonyl (C=O) groups is 2. The number of nitrogens with one attached hydrogen (secondary N) is 1. The molecule has 0 atom stereocenters. The van der Waals surface area contributed by atoms with Crippen molar-refractivity contribution in [3.8, 4) is 0 Å². The first-order valence-corrected chi connectivity index (χ1v) is 8.73. The molecule has 1 aliphatic rings. The highest BCUT2D eigenvalue weighted by molar-refractivity contribution is 5.92. The number of aromatic nitrogens is 3. The Morgan fingerprint density at radius 3 is 2.85 bits per heavy atom. The van der Waals surface area contributed by atoms with Crippen LogP contribution in [0.25, 0.3) is 0 Å². The van der Waals surface area contributed by atoms with E-state index in [4.69, 9.17) is 4.52 Å². The Morgan fingerprint density at radius 1 is 1.31 bits per heavy atom. The molecule has 1 aliphatic heterocycles. The first-order chi connectivity index (χ1) is 12.5. The van der Waals surface area contributed by atoms with Gasteiger partial charge in [0.05, 0.1) is 31.0 Å². The average Bonchev–Trinajstić information content (AvgIpc) is 3.25. The van der Waals surface area contributed by atoms with E-state index in [0.717, 1.165) is 24.2 Å². The molecule has 0 saturated heterocycles. The van der Waals surface area contributed by atoms with Gasteiger partial charge in [-0.25, -0.2) is 4.79 Å². The van der Waals surface area contributed by atoms with Gasteiger partial charge in [-0.1, -0.05) is 12.1 Å². The molecule has 0 spiro atoms. The lowest BCUT2D eigenvalue weighted by atomic mass is 10.2. The standard InChI is InChI=1S/C17H24N6O3/c1-4-5-14-9-15(20-26-14)16(24)18-10-12-8-13-11-22(17(25)21(2)3)6-7-23(13)19-12/h8-9H,4-7,10-11H2,1-3H3,(H,18,24). The topological polar surface area (TPSA) is 96.5 Å². The predicted octanol–water partition coefficient (Wildman–Crippen LogP) is 1.25. The van der Waals surface area contributed by atoms with E-state index in [9.17, 15) is 9.59 Å². The Kier molecular flexibility index (Phi) is 5.24. The Hall–Kier alpha value is -2.84. The van der Waals surface area contributed by atoms with Gasteiger partial charge in [0.25, 0.3) is 5.91 Å². The van der Waals surface area contributed by atoms with Gasteiger partial charge in [0, 0.05) is 33.1 Å². The van der Waals surface area contributed by atoms with Gasteiger partial charge >= 0.3 is 6.03 Å². The lowest BCUT2D eigenvalue weighted by molar-refractivity contribution is 0.0941. The maximum atomic E-state index is 12.2. The molecule has 2 aromatic heterocycles. The molecule has 1 N–H and O–H groups in total. The van der Waals surface area contributed by atoms with Gasteiger partial charge in [-0.15, -0.1) is 0 Å². The van der Waals surface area contributed by atoms with E-state index < -0.39 is 0 Å². The monoisotopic (exact) mass is 360 g/mol. The lowest BCUT2D eigenvalue weighted by Crippen LogP contribution is -2.43. The minimum Gasteiger partial charge on any atom is -0.361 e. The molecule has 0 aromatic carbocycles. The van der Waals surface area contributed by atoms with Gasteiger partial charge in [-0.3, -0.25) is 9.48 Å². The number of fused-ring (bicyclic) bond motifs is 1. The number of rotatable bonds is 5. The summed E-state index contributed by atoms with van der Waals surface area (Å²) in [6.45, 7) is 4.12. The maximum Gasteiger partial charge on any atom is 0.319 e. The van der Waals surface area contributed by atoms with Crippen LogP contribution < -0.4 is 5.32 Å². The van der Waals surface area contributed by atoms with Crippen molar-refractivity contribution in [1.82, 2.24) is 30.1 Å². The van der Waals surface area contributed by atoms with Gasteiger partial charge in [-0.05, 0) is 12.5 Å². The van der Waals surface area contributed by atoms with E-state index >= 15 is 0 Å². The molecular weight excluding hydrogens is 336 g/mol. The molecule has 0 unspecified atom stereocenters. The number of urea groups is 1. The molecular formula is C17H24N6O3. The zero-order valence-electron chi connectivity index (χ0n) is 15.4. The molecule has 3 amide bonds. The van der Waals surface area contributed by atoms with E-state index in [-0.39, 0.29) is 17.6 Å². The first kappa shape index (κ1) is 18.0. The zero-order chi connectivity index (χ0) is 18.7. The highest BCUT2D eigenvalue weighted by atomic mass is 16.5. The van der Waals surface area contributed by atoms with Crippen LogP contribution in [-0.2, 0) is 26.1 Å². The van der Waals surface area contributed by atoms with Gasteiger partial charge in [0.1, 0.15) is 5.76 Å². The fourth-order valence-electron chi connectivity index (χ4n) is 2.90. The number of amides is 3. The summed E-state index contributed by atoms with van der Waals surface area (Å²) in [4.78, 5) is 27.6. The summed E-state index contributed by atoms with van der Waals surface area (Å²) in [5.74, 6) is 0.423. The molecule has 9 heteroatoms. The zero-order valence-corrected chi connectivity index (χ0v) is 15.4. The minimum absolute atomic E-state index is 0.0128. The second kappa shape index (κ2) is 7.59. The average molecular weight is 360 g/mol. The van der Waals surface area contributed by atoms with Crippen LogP contribution in [0, 0.1) is 0 Å². The van der Waals surface area contributed by atoms with E-state index in [2.05, 4.69) is 15.6 Å². The number of carbonyl (C=O) groups excluding carboxylic acids is 2. The molecule has 26 heavy (non-hydrogen) atoms. The second-order valence-electron chi connectivity index (χ2n) is 6.56. The quantitative estimate of drug-likeness (QED) is 0.866. The van der Waals surface area contributed by atoms with Crippen molar-refractivity contribution in [3.05, 3.63) is 35.0 Å². The molecule has 0 saturated carbocycles. The Labute approximate surface area is 151 Å². The van der Waals surface area contributed by atoms with Crippen LogP contribution in [0.4, 0.5) is 4.79 Å². The van der Waals surface area contributed by atoms with Crippen molar-refractivity contribution in [1.29, 1.82) is 0 Å². The summed E-state index contributed by atoms with van der Waals surface area (Å²) in [5, 5.41) is 11.1. The van der Waals surface area contributed by atoms with Crippen LogP contribution in [0.2, 0.25) is 0 Å². The molecule has 0 bridgehead atoms. The van der Waals surface area contributed by atoms with Gasteiger partial charge < -0.3 is 19.6 Å². The summed E-state index contributed by atoms with van der Waals surface area (Å²) in [6, 6.07) is 3.57. The Bertz CT molecular complexity index is 794. The Morgan fingerprint density at radius 2 is 2.12 bits per heavy atom. The van der Waals surface area contributed by atoms with Crippen molar-refractivity contribution in [2.75, 3.05) is 20.6 Å². The van der Waals surface area contributed by atoms with Crippen molar-refractivity contribution < 1.29 is 14.1 Å². The maximum absolute atomic E-state index is 12.2. The number of hydrogen-bond acceptors (Lipinski definition) is 5. The summed E-state index contributed by atoms with van der Waals surface area (Å²) in [6.07, 6.45) is 1.69. The van der Waals surface area contributed by atoms with E-state index in [1.165, 1.54) is 0 Å². The Balaban J connectivity index is 1.58. The summed E-state index contributed by atoms with van der Waals surface area (Å²) in [5.41, 5.74) is 1.99. The molecule has 2 aromatic rings. The number of nitrogens with zero attached hydrogens (tertiary/aromatic N) is 5. The van der Waals surface area contributed by atoms with Crippen LogP contribution in [-0.4, -0.2) is 57.3 Å². The highest BCUT2D eigenvalue weighted by Gasteiger charge is 2.23. The molecule has 9 nitrogen and oxygen atoms in total. The summed E-state index contributed by atoms with van der Waals surface area (Å²) < 4.78 is 7.01. The molecule has 0 fully saturated rings. The minimum atomic E-state index is -0.286. The third-order valence-electron chi connectivity index (χ3n) is 4.22. The fourth-order valence-corrected chi connectivity index (χ4v) is 2.90. The fraction of sp³-hybridized carbons (Fsp3) is 0.529. The lowest BCUT2D eigenvalue weighted by Gasteiger charge is -2.29. The number of aryl methyl sites for hydroxylation is 1. The van der Waals surface area contributed by atoms with Gasteiger partial charge in [0.2, 0.25) is 0 Å². The van der Waals surface area contributed by atoms with Gasteiger partial charge in [0.15, 0.2) is 5.69 Å². The predicted molar refractivity (Wildman–Crippen MR) is 93.4 cm³/mol. The van der Waals surface area contributed by atoms with Crippen LogP contribution in [0.15, 0.2) is 16.7 Å². The normalized spacial score (nSPS) is 13.4. The largest absolute Gasteiger partial charge is 0.361 e. The van der Waals surface area contributed by atoms with Crippen LogP contribution >= 0.6 is 0 Å². The molecule has 0 radical (unpaired) electrons. The molecule has 3 rings (SSSR count).